The van der Waals surface area contributed by atoms with E-state index in [2.05, 4.69) is 0 Å². The summed E-state index contributed by atoms with van der Waals surface area (Å²) in [5, 5.41) is 0. The summed E-state index contributed by atoms with van der Waals surface area (Å²) in [7, 11) is 0. The summed E-state index contributed by atoms with van der Waals surface area (Å²) in [6.07, 6.45) is 2.53. The highest BCUT2D eigenvalue weighted by atomic mass is 16.5. The van der Waals surface area contributed by atoms with Crippen molar-refractivity contribution >= 4 is 11.8 Å². The molecule has 4 nitrogen and oxygen atoms in total. The zero-order valence-electron chi connectivity index (χ0n) is 8.78. The van der Waals surface area contributed by atoms with Crippen LogP contribution in [0.1, 0.15) is 20.8 Å². The molecule has 0 spiro atoms. The molecule has 14 heavy (non-hydrogen) atoms. The second kappa shape index (κ2) is 7.12. The molecule has 0 aromatic rings. The molecular formula is C10H16O4. The van der Waals surface area contributed by atoms with Gasteiger partial charge in [-0.25, -0.2) is 0 Å². The first-order valence-electron chi connectivity index (χ1n) is 4.62. The van der Waals surface area contributed by atoms with E-state index in [1.54, 1.807) is 6.92 Å². The second-order valence-corrected chi connectivity index (χ2v) is 2.63. The minimum absolute atomic E-state index is 0.283. The lowest BCUT2D eigenvalue weighted by molar-refractivity contribution is -0.149. The average molecular weight is 200 g/mol. The molecule has 0 heterocycles. The number of hydrogen-bond donors (Lipinski definition) is 0. The van der Waals surface area contributed by atoms with Crippen molar-refractivity contribution in [3.8, 4) is 0 Å². The molecule has 0 bridgehead atoms. The third-order valence-electron chi connectivity index (χ3n) is 1.56. The van der Waals surface area contributed by atoms with Crippen LogP contribution in [0.2, 0.25) is 0 Å². The number of allylic oxidation sites excluding steroid dienone is 1. The molecule has 0 aliphatic carbocycles. The van der Waals surface area contributed by atoms with Crippen molar-refractivity contribution in [2.45, 2.75) is 20.8 Å². The van der Waals surface area contributed by atoms with Crippen LogP contribution >= 0.6 is 0 Å². The molecule has 0 aliphatic rings. The van der Waals surface area contributed by atoms with E-state index < -0.39 is 11.9 Å². The maximum Gasteiger partial charge on any atom is 0.316 e. The van der Waals surface area contributed by atoms with Crippen molar-refractivity contribution in [2.75, 3.05) is 13.2 Å². The normalized spacial score (nSPS) is 12.5. The van der Waals surface area contributed by atoms with E-state index in [1.165, 1.54) is 19.3 Å². The van der Waals surface area contributed by atoms with E-state index in [-0.39, 0.29) is 12.4 Å². The Labute approximate surface area is 83.9 Å². The Balaban J connectivity index is 4.04. The van der Waals surface area contributed by atoms with Crippen LogP contribution in [0.15, 0.2) is 12.3 Å². The quantitative estimate of drug-likeness (QED) is 0.281. The smallest absolute Gasteiger partial charge is 0.316 e. The topological polar surface area (TPSA) is 52.6 Å². The van der Waals surface area contributed by atoms with E-state index in [0.29, 0.717) is 6.61 Å². The Hall–Kier alpha value is -1.32. The summed E-state index contributed by atoms with van der Waals surface area (Å²) >= 11 is 0. The molecule has 4 heteroatoms. The van der Waals surface area contributed by atoms with Crippen LogP contribution in [0.5, 0.6) is 0 Å². The van der Waals surface area contributed by atoms with Gasteiger partial charge in [-0.1, -0.05) is 0 Å². The van der Waals surface area contributed by atoms with E-state index >= 15 is 0 Å². The summed E-state index contributed by atoms with van der Waals surface area (Å²) in [5.41, 5.74) is 0. The average Bonchev–Trinajstić information content (AvgIpc) is 2.17. The van der Waals surface area contributed by atoms with Crippen molar-refractivity contribution in [2.24, 2.45) is 5.92 Å². The molecule has 0 saturated heterocycles. The summed E-state index contributed by atoms with van der Waals surface area (Å²) in [5.74, 6) is -1.57. The van der Waals surface area contributed by atoms with Crippen LogP contribution in [0.25, 0.3) is 0 Å². The molecule has 0 aromatic carbocycles. The van der Waals surface area contributed by atoms with Gasteiger partial charge in [0.15, 0.2) is 5.78 Å². The predicted octanol–water partition coefficient (Wildman–Crippen LogP) is 1.30. The van der Waals surface area contributed by atoms with Crippen LogP contribution < -0.4 is 0 Å². The standard InChI is InChI=1S/C10H16O4/c1-4-13-7-6-9(11)8(3)10(12)14-5-2/h6-8H,4-5H2,1-3H3/b7-6+/t8-/m1/s1. The Kier molecular flexibility index (Phi) is 6.45. The summed E-state index contributed by atoms with van der Waals surface area (Å²) in [6, 6.07) is 0. The van der Waals surface area contributed by atoms with Crippen molar-refractivity contribution in [1.82, 2.24) is 0 Å². The largest absolute Gasteiger partial charge is 0.501 e. The fraction of sp³-hybridized carbons (Fsp3) is 0.600. The fourth-order valence-corrected chi connectivity index (χ4v) is 0.739. The van der Waals surface area contributed by atoms with Crippen LogP contribution in [0.4, 0.5) is 0 Å². The molecule has 1 atom stereocenters. The van der Waals surface area contributed by atoms with Gasteiger partial charge in [0.1, 0.15) is 5.92 Å². The molecule has 0 N–H and O–H groups in total. The molecule has 0 amide bonds. The third kappa shape index (κ3) is 4.64. The lowest BCUT2D eigenvalue weighted by atomic mass is 10.1. The molecule has 0 unspecified atom stereocenters. The van der Waals surface area contributed by atoms with Crippen molar-refractivity contribution in [3.63, 3.8) is 0 Å². The van der Waals surface area contributed by atoms with Crippen molar-refractivity contribution < 1.29 is 19.1 Å². The van der Waals surface area contributed by atoms with Gasteiger partial charge in [-0.05, 0) is 20.8 Å². The number of carbonyl (C=O) groups is 2. The maximum absolute atomic E-state index is 11.3. The highest BCUT2D eigenvalue weighted by molar-refractivity contribution is 6.04. The molecule has 0 aromatic heterocycles. The number of ketones is 1. The summed E-state index contributed by atoms with van der Waals surface area (Å²) < 4.78 is 9.54. The Morgan fingerprint density at radius 2 is 1.93 bits per heavy atom. The van der Waals surface area contributed by atoms with Gasteiger partial charge in [0, 0.05) is 6.08 Å². The van der Waals surface area contributed by atoms with Gasteiger partial charge in [-0.3, -0.25) is 9.59 Å². The number of carbonyl (C=O) groups excluding carboxylic acids is 2. The Bertz CT molecular complexity index is 220. The van der Waals surface area contributed by atoms with E-state index in [1.807, 2.05) is 6.92 Å². The number of hydrogen-bond acceptors (Lipinski definition) is 4. The van der Waals surface area contributed by atoms with Crippen LogP contribution in [0, 0.1) is 5.92 Å². The first-order valence-corrected chi connectivity index (χ1v) is 4.62. The number of ether oxygens (including phenoxy) is 2. The van der Waals surface area contributed by atoms with Gasteiger partial charge in [-0.2, -0.15) is 0 Å². The zero-order valence-corrected chi connectivity index (χ0v) is 8.78. The predicted molar refractivity (Wildman–Crippen MR) is 51.6 cm³/mol. The van der Waals surface area contributed by atoms with E-state index in [0.717, 1.165) is 0 Å². The molecular weight excluding hydrogens is 184 g/mol. The van der Waals surface area contributed by atoms with Crippen LogP contribution in [-0.2, 0) is 19.1 Å². The van der Waals surface area contributed by atoms with Crippen LogP contribution in [0.3, 0.4) is 0 Å². The SMILES string of the molecule is CCO/C=C/C(=O)[C@@H](C)C(=O)OCC. The fourth-order valence-electron chi connectivity index (χ4n) is 0.739. The Morgan fingerprint density at radius 3 is 2.43 bits per heavy atom. The van der Waals surface area contributed by atoms with Gasteiger partial charge < -0.3 is 9.47 Å². The lowest BCUT2D eigenvalue weighted by Gasteiger charge is -2.06. The number of rotatable bonds is 6. The molecule has 0 fully saturated rings. The minimum Gasteiger partial charge on any atom is -0.501 e. The molecule has 80 valence electrons. The van der Waals surface area contributed by atoms with Gasteiger partial charge in [0.25, 0.3) is 0 Å². The zero-order chi connectivity index (χ0) is 11.0. The summed E-state index contributed by atoms with van der Waals surface area (Å²) in [6.45, 7) is 5.80. The molecule has 0 rings (SSSR count). The van der Waals surface area contributed by atoms with E-state index in [9.17, 15) is 9.59 Å². The second-order valence-electron chi connectivity index (χ2n) is 2.63. The highest BCUT2D eigenvalue weighted by Crippen LogP contribution is 2.01. The van der Waals surface area contributed by atoms with Crippen molar-refractivity contribution in [1.29, 1.82) is 0 Å². The Morgan fingerprint density at radius 1 is 1.29 bits per heavy atom. The van der Waals surface area contributed by atoms with E-state index in [4.69, 9.17) is 9.47 Å². The first-order chi connectivity index (χ1) is 6.63. The summed E-state index contributed by atoms with van der Waals surface area (Å²) in [4.78, 5) is 22.4. The van der Waals surface area contributed by atoms with Gasteiger partial charge in [0.2, 0.25) is 0 Å². The number of esters is 1. The van der Waals surface area contributed by atoms with Crippen molar-refractivity contribution in [3.05, 3.63) is 12.3 Å². The van der Waals surface area contributed by atoms with Gasteiger partial charge in [0.05, 0.1) is 19.5 Å². The molecule has 0 radical (unpaired) electrons. The van der Waals surface area contributed by atoms with Crippen LogP contribution in [-0.4, -0.2) is 25.0 Å². The monoisotopic (exact) mass is 200 g/mol. The minimum atomic E-state index is -0.758. The molecule has 0 aliphatic heterocycles. The maximum atomic E-state index is 11.3. The third-order valence-corrected chi connectivity index (χ3v) is 1.56. The molecule has 0 saturated carbocycles. The van der Waals surface area contributed by atoms with Gasteiger partial charge >= 0.3 is 5.97 Å². The highest BCUT2D eigenvalue weighted by Gasteiger charge is 2.20. The van der Waals surface area contributed by atoms with Gasteiger partial charge in [-0.15, -0.1) is 0 Å². The lowest BCUT2D eigenvalue weighted by Crippen LogP contribution is -2.21. The first kappa shape index (κ1) is 12.7.